The van der Waals surface area contributed by atoms with Crippen LogP contribution in [0.2, 0.25) is 0 Å². The van der Waals surface area contributed by atoms with E-state index in [0.29, 0.717) is 12.2 Å². The van der Waals surface area contributed by atoms with E-state index in [4.69, 9.17) is 21.4 Å². The molecule has 8 heteroatoms. The maximum atomic E-state index is 9.55. The molecule has 0 aliphatic heterocycles. The number of unbranched alkanes of at least 4 members (excludes halogenated alkanes) is 2. The van der Waals surface area contributed by atoms with Crippen LogP contribution in [0.3, 0.4) is 0 Å². The Bertz CT molecular complexity index is 867. The monoisotopic (exact) mass is 418 g/mol. The number of carboxylic acid groups (broad SMARTS) is 2. The number of thioether (sulfide) groups is 1. The minimum absolute atomic E-state index is 0.558. The molecule has 0 atom stereocenters. The molecule has 0 fully saturated rings. The van der Waals surface area contributed by atoms with Crippen molar-refractivity contribution in [2.45, 2.75) is 38.9 Å². The van der Waals surface area contributed by atoms with Crippen molar-refractivity contribution < 1.29 is 24.5 Å². The number of ether oxygens (including phenoxy) is 1. The zero-order chi connectivity index (χ0) is 21.6. The third-order valence-corrected chi connectivity index (χ3v) is 4.56. The van der Waals surface area contributed by atoms with Crippen molar-refractivity contribution >= 4 is 29.3 Å². The summed E-state index contributed by atoms with van der Waals surface area (Å²) in [5, 5.41) is 15.6. The van der Waals surface area contributed by atoms with E-state index in [0.717, 1.165) is 41.6 Å². The Hall–Kier alpha value is -2.92. The molecule has 0 saturated heterocycles. The van der Waals surface area contributed by atoms with E-state index < -0.39 is 11.9 Å². The summed E-state index contributed by atoms with van der Waals surface area (Å²) in [5.41, 5.74) is 3.15. The average molecular weight is 419 g/mol. The first-order valence-corrected chi connectivity index (χ1v) is 10.3. The van der Waals surface area contributed by atoms with Gasteiger partial charge in [-0.1, -0.05) is 25.7 Å². The molecule has 156 valence electrons. The lowest BCUT2D eigenvalue weighted by Crippen LogP contribution is -2.00. The van der Waals surface area contributed by atoms with Gasteiger partial charge in [0.1, 0.15) is 0 Å². The summed E-state index contributed by atoms with van der Waals surface area (Å²) in [4.78, 5) is 23.8. The smallest absolute Gasteiger partial charge is 0.328 e. The van der Waals surface area contributed by atoms with Gasteiger partial charge in [0.2, 0.25) is 0 Å². The third kappa shape index (κ3) is 8.75. The van der Waals surface area contributed by atoms with E-state index in [2.05, 4.69) is 22.2 Å². The zero-order valence-electron chi connectivity index (χ0n) is 16.6. The Morgan fingerprint density at radius 3 is 2.59 bits per heavy atom. The van der Waals surface area contributed by atoms with Crippen LogP contribution in [0, 0.1) is 19.3 Å². The molecule has 0 bridgehead atoms. The number of hydrogen-bond acceptors (Lipinski definition) is 5. The Balaban J connectivity index is 0.000000447. The van der Waals surface area contributed by atoms with Crippen LogP contribution in [0.15, 0.2) is 30.5 Å². The Morgan fingerprint density at radius 2 is 2.00 bits per heavy atom. The number of imidazole rings is 1. The molecular formula is C21H26N2O5S. The number of aryl methyl sites for hydroxylation is 1. The highest BCUT2D eigenvalue weighted by atomic mass is 32.2. The predicted molar refractivity (Wildman–Crippen MR) is 114 cm³/mol. The normalized spacial score (nSPS) is 10.4. The molecule has 2 rings (SSSR count). The van der Waals surface area contributed by atoms with Crippen molar-refractivity contribution in [2.24, 2.45) is 0 Å². The fourth-order valence-corrected chi connectivity index (χ4v) is 3.14. The molecule has 2 aromatic rings. The van der Waals surface area contributed by atoms with Gasteiger partial charge in [-0.05, 0) is 25.5 Å². The predicted octanol–water partition coefficient (Wildman–Crippen LogP) is 3.79. The van der Waals surface area contributed by atoms with E-state index in [1.54, 1.807) is 11.8 Å². The number of aromatic nitrogens is 2. The summed E-state index contributed by atoms with van der Waals surface area (Å²) in [6.45, 7) is 4.99. The molecular weight excluding hydrogens is 392 g/mol. The highest BCUT2D eigenvalue weighted by Gasteiger charge is 2.12. The van der Waals surface area contributed by atoms with Gasteiger partial charge in [0, 0.05) is 24.1 Å². The summed E-state index contributed by atoms with van der Waals surface area (Å²) in [6, 6.07) is 4.00. The van der Waals surface area contributed by atoms with Crippen LogP contribution in [0.5, 0.6) is 5.75 Å². The summed E-state index contributed by atoms with van der Waals surface area (Å²) >= 11 is 1.73. The first-order chi connectivity index (χ1) is 13.9. The van der Waals surface area contributed by atoms with E-state index in [9.17, 15) is 9.59 Å². The minimum Gasteiger partial charge on any atom is -0.490 e. The van der Waals surface area contributed by atoms with E-state index >= 15 is 0 Å². The summed E-state index contributed by atoms with van der Waals surface area (Å²) in [5.74, 6) is 2.60. The number of terminal acetylenes is 1. The van der Waals surface area contributed by atoms with Crippen molar-refractivity contribution in [1.29, 1.82) is 0 Å². The molecule has 0 aliphatic rings. The number of rotatable bonds is 10. The number of pyridine rings is 1. The van der Waals surface area contributed by atoms with E-state index in [1.165, 1.54) is 18.5 Å². The van der Waals surface area contributed by atoms with Crippen LogP contribution in [0.4, 0.5) is 0 Å². The zero-order valence-corrected chi connectivity index (χ0v) is 17.4. The number of aliphatic carboxylic acids is 2. The number of carboxylic acids is 2. The van der Waals surface area contributed by atoms with Crippen molar-refractivity contribution in [3.63, 3.8) is 0 Å². The van der Waals surface area contributed by atoms with Crippen molar-refractivity contribution in [1.82, 2.24) is 9.38 Å². The number of fused-ring (bicyclic) bond motifs is 1. The van der Waals surface area contributed by atoms with Gasteiger partial charge in [-0.2, -0.15) is 0 Å². The third-order valence-electron chi connectivity index (χ3n) is 3.71. The van der Waals surface area contributed by atoms with Gasteiger partial charge in [0.15, 0.2) is 11.4 Å². The Morgan fingerprint density at radius 1 is 1.31 bits per heavy atom. The fraction of sp³-hybridized carbons (Fsp3) is 0.381. The second kappa shape index (κ2) is 13.3. The molecule has 0 spiro atoms. The largest absolute Gasteiger partial charge is 0.490 e. The first-order valence-electron chi connectivity index (χ1n) is 9.15. The lowest BCUT2D eigenvalue weighted by Gasteiger charge is -2.07. The van der Waals surface area contributed by atoms with Crippen molar-refractivity contribution in [3.05, 3.63) is 41.9 Å². The molecule has 2 heterocycles. The fourth-order valence-electron chi connectivity index (χ4n) is 2.37. The van der Waals surface area contributed by atoms with E-state index in [-0.39, 0.29) is 0 Å². The highest BCUT2D eigenvalue weighted by Crippen LogP contribution is 2.24. The molecule has 7 nitrogen and oxygen atoms in total. The first kappa shape index (κ1) is 24.1. The molecule has 0 radical (unpaired) electrons. The summed E-state index contributed by atoms with van der Waals surface area (Å²) in [6.07, 6.45) is 12.0. The van der Waals surface area contributed by atoms with Crippen LogP contribution >= 0.6 is 11.8 Å². The van der Waals surface area contributed by atoms with Crippen LogP contribution in [-0.4, -0.2) is 43.9 Å². The minimum atomic E-state index is -1.26. The SMILES string of the molecule is C#CCSCc1c(C)nc2c(OCCCCC)cccn12.O=C(O)/C=C/C(=O)O. The van der Waals surface area contributed by atoms with Crippen LogP contribution in [0.25, 0.3) is 5.65 Å². The standard InChI is InChI=1S/C17H22N2OS.C4H4O4/c1-4-6-7-11-20-16-9-8-10-19-15(13-21-12-5-2)14(3)18-17(16)19;5-3(6)1-2-4(7)8/h2,8-10H,4,6-7,11-13H2,1,3H3;1-2H,(H,5,6)(H,7,8)/b;2-1+. The van der Waals surface area contributed by atoms with Crippen LogP contribution < -0.4 is 4.74 Å². The van der Waals surface area contributed by atoms with Crippen molar-refractivity contribution in [2.75, 3.05) is 12.4 Å². The molecule has 0 aliphatic carbocycles. The number of nitrogens with zero attached hydrogens (tertiary/aromatic N) is 2. The highest BCUT2D eigenvalue weighted by molar-refractivity contribution is 7.98. The summed E-state index contributed by atoms with van der Waals surface area (Å²) in [7, 11) is 0. The molecule has 29 heavy (non-hydrogen) atoms. The van der Waals surface area contributed by atoms with Gasteiger partial charge in [0.25, 0.3) is 0 Å². The van der Waals surface area contributed by atoms with Gasteiger partial charge in [-0.3, -0.25) is 4.40 Å². The molecule has 2 aromatic heterocycles. The maximum absolute atomic E-state index is 9.55. The topological polar surface area (TPSA) is 101 Å². The molecule has 0 saturated carbocycles. The molecule has 0 unspecified atom stereocenters. The lowest BCUT2D eigenvalue weighted by molar-refractivity contribution is -0.134. The summed E-state index contributed by atoms with van der Waals surface area (Å²) < 4.78 is 8.01. The molecule has 0 amide bonds. The van der Waals surface area contributed by atoms with Gasteiger partial charge in [-0.15, -0.1) is 18.2 Å². The van der Waals surface area contributed by atoms with Gasteiger partial charge in [0.05, 0.1) is 23.7 Å². The van der Waals surface area contributed by atoms with E-state index in [1.807, 2.05) is 25.3 Å². The Kier molecular flexibility index (Phi) is 11.1. The van der Waals surface area contributed by atoms with Crippen molar-refractivity contribution in [3.8, 4) is 18.1 Å². The maximum Gasteiger partial charge on any atom is 0.328 e. The van der Waals surface area contributed by atoms with Crippen LogP contribution in [-0.2, 0) is 15.3 Å². The van der Waals surface area contributed by atoms with Gasteiger partial charge in [-0.25, -0.2) is 14.6 Å². The number of hydrogen-bond donors (Lipinski definition) is 2. The Labute approximate surface area is 174 Å². The number of carbonyl (C=O) groups is 2. The van der Waals surface area contributed by atoms with Gasteiger partial charge < -0.3 is 14.9 Å². The lowest BCUT2D eigenvalue weighted by atomic mass is 10.3. The molecule has 0 aromatic carbocycles. The quantitative estimate of drug-likeness (QED) is 0.344. The molecule has 2 N–H and O–H groups in total. The van der Waals surface area contributed by atoms with Gasteiger partial charge >= 0.3 is 11.9 Å². The second-order valence-corrected chi connectivity index (χ2v) is 6.96. The van der Waals surface area contributed by atoms with Crippen LogP contribution in [0.1, 0.15) is 37.6 Å². The average Bonchev–Trinajstić information content (AvgIpc) is 3.00. The second-order valence-electron chi connectivity index (χ2n) is 5.97.